The quantitative estimate of drug-likeness (QED) is 0.772. The van der Waals surface area contributed by atoms with Crippen molar-refractivity contribution in [3.8, 4) is 0 Å². The molecule has 0 saturated carbocycles. The first-order chi connectivity index (χ1) is 10.7. The molecule has 1 heterocycles. The number of nitrogens with zero attached hydrogens (tertiary/aromatic N) is 1. The Hall–Kier alpha value is -1.77. The molecule has 0 aliphatic heterocycles. The highest BCUT2D eigenvalue weighted by Crippen LogP contribution is 2.37. The van der Waals surface area contributed by atoms with E-state index in [1.165, 1.54) is 28.8 Å². The highest BCUT2D eigenvalue weighted by Gasteiger charge is 2.20. The first kappa shape index (κ1) is 16.1. The molecule has 0 unspecified atom stereocenters. The van der Waals surface area contributed by atoms with Gasteiger partial charge in [0, 0.05) is 21.8 Å². The Bertz CT molecular complexity index is 875. The van der Waals surface area contributed by atoms with Crippen LogP contribution in [-0.4, -0.2) is 4.98 Å². The second-order valence-electron chi connectivity index (χ2n) is 5.82. The molecular formula is C19H17Cl2N2-. The van der Waals surface area contributed by atoms with Crippen LogP contribution < -0.4 is 17.7 Å². The smallest absolute Gasteiger partial charge is 0.0726 e. The lowest BCUT2D eigenvalue weighted by molar-refractivity contribution is -0.00000433. The van der Waals surface area contributed by atoms with Crippen LogP contribution in [0.3, 0.4) is 0 Å². The van der Waals surface area contributed by atoms with Crippen LogP contribution in [-0.2, 0) is 12.8 Å². The van der Waals surface area contributed by atoms with Gasteiger partial charge in [-0.05, 0) is 55.5 Å². The summed E-state index contributed by atoms with van der Waals surface area (Å²) in [6, 6.07) is 14.3. The highest BCUT2D eigenvalue weighted by molar-refractivity contribution is 6.31. The molecule has 0 fully saturated rings. The third-order valence-corrected chi connectivity index (χ3v) is 4.86. The summed E-state index contributed by atoms with van der Waals surface area (Å²) in [5.41, 5.74) is 7.00. The van der Waals surface area contributed by atoms with E-state index in [9.17, 15) is 0 Å². The molecule has 0 amide bonds. The first-order valence-corrected chi connectivity index (χ1v) is 8.04. The number of anilines is 2. The van der Waals surface area contributed by atoms with Gasteiger partial charge >= 0.3 is 0 Å². The number of hydrogen-bond donors (Lipinski definition) is 1. The van der Waals surface area contributed by atoms with Gasteiger partial charge < -0.3 is 17.7 Å². The minimum Gasteiger partial charge on any atom is -1.00 e. The largest absolute Gasteiger partial charge is 1.00 e. The number of pyridine rings is 1. The van der Waals surface area contributed by atoms with Gasteiger partial charge in [0.2, 0.25) is 0 Å². The third-order valence-electron chi connectivity index (χ3n) is 4.45. The molecule has 118 valence electrons. The molecule has 0 spiro atoms. The van der Waals surface area contributed by atoms with E-state index in [1.807, 2.05) is 25.1 Å². The van der Waals surface area contributed by atoms with Crippen LogP contribution in [0.15, 0.2) is 42.5 Å². The molecule has 3 aromatic rings. The summed E-state index contributed by atoms with van der Waals surface area (Å²) in [6.45, 7) is 2.05. The van der Waals surface area contributed by atoms with Crippen molar-refractivity contribution in [3.63, 3.8) is 0 Å². The number of rotatable bonds is 2. The zero-order valence-corrected chi connectivity index (χ0v) is 14.4. The minimum atomic E-state index is 0. The molecule has 2 nitrogen and oxygen atoms in total. The topological polar surface area (TPSA) is 24.9 Å². The Balaban J connectivity index is 0.00000156. The number of halogens is 2. The number of fused-ring (bicyclic) bond motifs is 2. The number of aryl methyl sites for hydroxylation is 1. The van der Waals surface area contributed by atoms with E-state index in [0.717, 1.165) is 34.6 Å². The number of nitrogens with one attached hydrogen (secondary N) is 1. The first-order valence-electron chi connectivity index (χ1n) is 7.66. The van der Waals surface area contributed by atoms with Crippen molar-refractivity contribution in [2.24, 2.45) is 0 Å². The molecule has 2 aromatic carbocycles. The van der Waals surface area contributed by atoms with Gasteiger partial charge in [-0.3, -0.25) is 4.98 Å². The van der Waals surface area contributed by atoms with Crippen molar-refractivity contribution >= 4 is 33.9 Å². The van der Waals surface area contributed by atoms with Gasteiger partial charge in [-0.25, -0.2) is 0 Å². The number of benzene rings is 2. The van der Waals surface area contributed by atoms with Gasteiger partial charge in [0.1, 0.15) is 0 Å². The Morgan fingerprint density at radius 1 is 1.04 bits per heavy atom. The van der Waals surface area contributed by atoms with E-state index in [1.54, 1.807) is 0 Å². The second-order valence-corrected chi connectivity index (χ2v) is 6.23. The Kier molecular flexibility index (Phi) is 4.47. The molecule has 0 atom stereocenters. The van der Waals surface area contributed by atoms with Gasteiger partial charge in [0.15, 0.2) is 0 Å². The molecule has 4 heteroatoms. The molecule has 0 radical (unpaired) electrons. The predicted octanol–water partition coefficient (Wildman–Crippen LogP) is 2.43. The van der Waals surface area contributed by atoms with Crippen LogP contribution >= 0.6 is 11.6 Å². The maximum atomic E-state index is 6.26. The third kappa shape index (κ3) is 2.77. The van der Waals surface area contributed by atoms with Gasteiger partial charge in [0.05, 0.1) is 11.2 Å². The lowest BCUT2D eigenvalue weighted by Gasteiger charge is -2.16. The molecule has 0 saturated heterocycles. The summed E-state index contributed by atoms with van der Waals surface area (Å²) in [6.07, 6.45) is 3.35. The fourth-order valence-electron chi connectivity index (χ4n) is 3.23. The van der Waals surface area contributed by atoms with Crippen molar-refractivity contribution in [2.45, 2.75) is 26.2 Å². The molecule has 23 heavy (non-hydrogen) atoms. The Morgan fingerprint density at radius 3 is 2.74 bits per heavy atom. The maximum Gasteiger partial charge on any atom is 0.0726 e. The number of hydrogen-bond acceptors (Lipinski definition) is 2. The summed E-state index contributed by atoms with van der Waals surface area (Å²) in [5.74, 6) is 0. The van der Waals surface area contributed by atoms with E-state index in [4.69, 9.17) is 16.6 Å². The van der Waals surface area contributed by atoms with E-state index in [0.29, 0.717) is 0 Å². The molecule has 0 bridgehead atoms. The van der Waals surface area contributed by atoms with Gasteiger partial charge in [-0.1, -0.05) is 35.9 Å². The van der Waals surface area contributed by atoms with Crippen molar-refractivity contribution < 1.29 is 12.4 Å². The van der Waals surface area contributed by atoms with Crippen LogP contribution in [0.2, 0.25) is 5.02 Å². The molecule has 1 aliphatic carbocycles. The summed E-state index contributed by atoms with van der Waals surface area (Å²) in [7, 11) is 0. The van der Waals surface area contributed by atoms with Gasteiger partial charge in [-0.15, -0.1) is 0 Å². The molecule has 1 aliphatic rings. The Labute approximate surface area is 147 Å². The number of aromatic nitrogens is 1. The van der Waals surface area contributed by atoms with Crippen molar-refractivity contribution in [2.75, 3.05) is 5.32 Å². The van der Waals surface area contributed by atoms with Crippen LogP contribution in [0.1, 0.15) is 23.2 Å². The summed E-state index contributed by atoms with van der Waals surface area (Å²) in [5, 5.41) is 5.61. The average molecular weight is 344 g/mol. The summed E-state index contributed by atoms with van der Waals surface area (Å²) < 4.78 is 0. The molecule has 1 aromatic heterocycles. The molecule has 4 rings (SSSR count). The zero-order chi connectivity index (χ0) is 15.1. The standard InChI is InChI=1S/C19H17ClN2.ClH/c1-12-15(20)8-5-10-16(12)22-19-13-6-2-3-9-17(13)21-18-11-4-7-14(18)19;/h2-3,5-6,8-10H,4,7,11H2,1H3,(H,21,22);1H/p-1. The molecular weight excluding hydrogens is 327 g/mol. The summed E-state index contributed by atoms with van der Waals surface area (Å²) in [4.78, 5) is 4.83. The average Bonchev–Trinajstić information content (AvgIpc) is 2.99. The zero-order valence-electron chi connectivity index (χ0n) is 12.9. The lowest BCUT2D eigenvalue weighted by atomic mass is 10.1. The van der Waals surface area contributed by atoms with E-state index in [-0.39, 0.29) is 12.4 Å². The van der Waals surface area contributed by atoms with E-state index >= 15 is 0 Å². The summed E-state index contributed by atoms with van der Waals surface area (Å²) >= 11 is 6.26. The predicted molar refractivity (Wildman–Crippen MR) is 93.2 cm³/mol. The van der Waals surface area contributed by atoms with E-state index in [2.05, 4.69) is 29.6 Å². The monoisotopic (exact) mass is 343 g/mol. The SMILES string of the molecule is Cc1c(Cl)cccc1Nc1c2c(nc3ccccc13)CCC2.[Cl-]. The van der Waals surface area contributed by atoms with Crippen molar-refractivity contribution in [1.29, 1.82) is 0 Å². The normalized spacial score (nSPS) is 12.8. The minimum absolute atomic E-state index is 0. The van der Waals surface area contributed by atoms with Gasteiger partial charge in [0.25, 0.3) is 0 Å². The van der Waals surface area contributed by atoms with Gasteiger partial charge in [-0.2, -0.15) is 0 Å². The van der Waals surface area contributed by atoms with Crippen LogP contribution in [0, 0.1) is 6.92 Å². The molecule has 1 N–H and O–H groups in total. The van der Waals surface area contributed by atoms with Crippen LogP contribution in [0.5, 0.6) is 0 Å². The fraction of sp³-hybridized carbons (Fsp3) is 0.211. The Morgan fingerprint density at radius 2 is 1.87 bits per heavy atom. The maximum absolute atomic E-state index is 6.26. The number of para-hydroxylation sites is 1. The fourth-order valence-corrected chi connectivity index (χ4v) is 3.41. The van der Waals surface area contributed by atoms with Crippen LogP contribution in [0.4, 0.5) is 11.4 Å². The second kappa shape index (κ2) is 6.38. The van der Waals surface area contributed by atoms with Crippen molar-refractivity contribution in [3.05, 3.63) is 64.3 Å². The van der Waals surface area contributed by atoms with Crippen molar-refractivity contribution in [1.82, 2.24) is 4.98 Å². The van der Waals surface area contributed by atoms with E-state index < -0.39 is 0 Å². The highest BCUT2D eigenvalue weighted by atomic mass is 35.5. The van der Waals surface area contributed by atoms with Crippen LogP contribution in [0.25, 0.3) is 10.9 Å². The lowest BCUT2D eigenvalue weighted by Crippen LogP contribution is -3.00.